The van der Waals surface area contributed by atoms with E-state index in [-0.39, 0.29) is 12.1 Å². The van der Waals surface area contributed by atoms with Crippen LogP contribution in [0.25, 0.3) is 6.08 Å². The molecule has 0 bridgehead atoms. The quantitative estimate of drug-likeness (QED) is 0.720. The number of cyclic esters (lactones) is 1. The molecule has 0 N–H and O–H groups in total. The molecular weight excluding hydrogens is 202 g/mol. The van der Waals surface area contributed by atoms with Crippen LogP contribution >= 0.6 is 0 Å². The fraction of sp³-hybridized carbons (Fsp3) is 0.308. The van der Waals surface area contributed by atoms with Crippen molar-refractivity contribution in [3.05, 3.63) is 41.6 Å². The highest BCUT2D eigenvalue weighted by Crippen LogP contribution is 2.33. The Hall–Kier alpha value is -1.77. The molecule has 1 amide bonds. The van der Waals surface area contributed by atoms with Crippen molar-refractivity contribution in [1.29, 1.82) is 0 Å². The predicted molar refractivity (Wildman–Crippen MR) is 60.6 cm³/mol. The fourth-order valence-electron chi connectivity index (χ4n) is 2.34. The van der Waals surface area contributed by atoms with Gasteiger partial charge < -0.3 is 4.74 Å². The van der Waals surface area contributed by atoms with E-state index in [1.54, 1.807) is 4.90 Å². The first-order valence-electron chi connectivity index (χ1n) is 5.56. The number of fused-ring (bicyclic) bond motifs is 1. The third kappa shape index (κ3) is 1.48. The average molecular weight is 215 g/mol. The minimum absolute atomic E-state index is 0.190. The van der Waals surface area contributed by atoms with Crippen molar-refractivity contribution in [3.63, 3.8) is 0 Å². The minimum atomic E-state index is -0.190. The predicted octanol–water partition coefficient (Wildman–Crippen LogP) is 2.64. The number of rotatable bonds is 1. The third-order valence-electron chi connectivity index (χ3n) is 3.14. The first-order valence-corrected chi connectivity index (χ1v) is 5.56. The molecule has 1 aromatic carbocycles. The second kappa shape index (κ2) is 3.67. The summed E-state index contributed by atoms with van der Waals surface area (Å²) in [6.45, 7) is 0.547. The van der Waals surface area contributed by atoms with Crippen molar-refractivity contribution in [2.45, 2.75) is 18.9 Å². The van der Waals surface area contributed by atoms with Gasteiger partial charge in [-0.05, 0) is 24.5 Å². The fourth-order valence-corrected chi connectivity index (χ4v) is 2.34. The van der Waals surface area contributed by atoms with Crippen LogP contribution in [0, 0.1) is 0 Å². The number of hydrogen-bond acceptors (Lipinski definition) is 2. The van der Waals surface area contributed by atoms with Crippen LogP contribution in [0.4, 0.5) is 4.79 Å². The lowest BCUT2D eigenvalue weighted by Gasteiger charge is -2.13. The summed E-state index contributed by atoms with van der Waals surface area (Å²) < 4.78 is 5.03. The van der Waals surface area contributed by atoms with Crippen molar-refractivity contribution < 1.29 is 9.53 Å². The van der Waals surface area contributed by atoms with E-state index in [1.807, 2.05) is 30.3 Å². The highest BCUT2D eigenvalue weighted by molar-refractivity contribution is 5.75. The van der Waals surface area contributed by atoms with Crippen molar-refractivity contribution in [2.24, 2.45) is 0 Å². The molecule has 3 nitrogen and oxygen atoms in total. The summed E-state index contributed by atoms with van der Waals surface area (Å²) in [6.07, 6.45) is 3.87. The number of amides is 1. The summed E-state index contributed by atoms with van der Waals surface area (Å²) in [4.78, 5) is 13.3. The molecule has 3 rings (SSSR count). The highest BCUT2D eigenvalue weighted by Gasteiger charge is 2.39. The van der Waals surface area contributed by atoms with Crippen molar-refractivity contribution in [2.75, 3.05) is 6.61 Å². The highest BCUT2D eigenvalue weighted by atomic mass is 16.6. The molecule has 0 spiro atoms. The summed E-state index contributed by atoms with van der Waals surface area (Å²) in [7, 11) is 0. The van der Waals surface area contributed by atoms with Gasteiger partial charge in [0.1, 0.15) is 6.61 Å². The molecule has 2 saturated heterocycles. The van der Waals surface area contributed by atoms with Gasteiger partial charge in [0.25, 0.3) is 0 Å². The second-order valence-corrected chi connectivity index (χ2v) is 4.19. The van der Waals surface area contributed by atoms with E-state index in [9.17, 15) is 4.79 Å². The first kappa shape index (κ1) is 9.46. The van der Waals surface area contributed by atoms with Crippen LogP contribution in [-0.2, 0) is 4.74 Å². The molecule has 1 atom stereocenters. The van der Waals surface area contributed by atoms with Gasteiger partial charge in [0.15, 0.2) is 0 Å². The van der Waals surface area contributed by atoms with Gasteiger partial charge in [0.2, 0.25) is 0 Å². The van der Waals surface area contributed by atoms with Gasteiger partial charge in [-0.3, -0.25) is 4.90 Å². The maximum atomic E-state index is 11.5. The Morgan fingerprint density at radius 1 is 1.31 bits per heavy atom. The van der Waals surface area contributed by atoms with Gasteiger partial charge in [-0.2, -0.15) is 0 Å². The molecule has 0 radical (unpaired) electrons. The van der Waals surface area contributed by atoms with Gasteiger partial charge in [0, 0.05) is 5.70 Å². The standard InChI is InChI=1S/C13H13NO2/c15-13-14-11(6-7-12(14)9-16-13)8-10-4-2-1-3-5-10/h1-5,8,12H,6-7,9H2/b11-8-/t12-/m1/s1. The van der Waals surface area contributed by atoms with E-state index in [1.165, 1.54) is 0 Å². The minimum Gasteiger partial charge on any atom is -0.447 e. The Bertz CT molecular complexity index is 439. The number of allylic oxidation sites excluding steroid dienone is 1. The zero-order chi connectivity index (χ0) is 11.0. The maximum Gasteiger partial charge on any atom is 0.414 e. The largest absolute Gasteiger partial charge is 0.447 e. The van der Waals surface area contributed by atoms with Crippen molar-refractivity contribution in [1.82, 2.24) is 4.90 Å². The zero-order valence-electron chi connectivity index (χ0n) is 8.93. The molecule has 2 heterocycles. The van der Waals surface area contributed by atoms with Gasteiger partial charge in [0.05, 0.1) is 6.04 Å². The van der Waals surface area contributed by atoms with Crippen molar-refractivity contribution >= 4 is 12.2 Å². The summed E-state index contributed by atoms with van der Waals surface area (Å²) in [5, 5.41) is 0. The van der Waals surface area contributed by atoms with Crippen molar-refractivity contribution in [3.8, 4) is 0 Å². The van der Waals surface area contributed by atoms with E-state index in [0.29, 0.717) is 6.61 Å². The van der Waals surface area contributed by atoms with E-state index in [4.69, 9.17) is 4.74 Å². The Morgan fingerprint density at radius 2 is 2.12 bits per heavy atom. The number of hydrogen-bond donors (Lipinski definition) is 0. The van der Waals surface area contributed by atoms with Crippen LogP contribution in [0.1, 0.15) is 18.4 Å². The molecule has 0 aliphatic carbocycles. The summed E-state index contributed by atoms with van der Waals surface area (Å²) >= 11 is 0. The smallest absolute Gasteiger partial charge is 0.414 e. The van der Waals surface area contributed by atoms with E-state index >= 15 is 0 Å². The lowest BCUT2D eigenvalue weighted by molar-refractivity contribution is 0.164. The molecule has 0 saturated carbocycles. The van der Waals surface area contributed by atoms with Crippen LogP contribution in [0.15, 0.2) is 36.0 Å². The lowest BCUT2D eigenvalue weighted by atomic mass is 10.1. The number of carbonyl (C=O) groups excluding carboxylic acids is 1. The van der Waals surface area contributed by atoms with Gasteiger partial charge >= 0.3 is 6.09 Å². The monoisotopic (exact) mass is 215 g/mol. The molecule has 0 unspecified atom stereocenters. The number of ether oxygens (including phenoxy) is 1. The summed E-state index contributed by atoms with van der Waals surface area (Å²) in [6, 6.07) is 10.3. The Morgan fingerprint density at radius 3 is 2.94 bits per heavy atom. The Balaban J connectivity index is 1.91. The van der Waals surface area contributed by atoms with Crippen LogP contribution in [0.5, 0.6) is 0 Å². The van der Waals surface area contributed by atoms with Gasteiger partial charge in [-0.25, -0.2) is 4.79 Å². The number of nitrogens with zero attached hydrogens (tertiary/aromatic N) is 1. The molecule has 2 aliphatic rings. The second-order valence-electron chi connectivity index (χ2n) is 4.19. The lowest BCUT2D eigenvalue weighted by Crippen LogP contribution is -2.25. The van der Waals surface area contributed by atoms with Gasteiger partial charge in [-0.1, -0.05) is 30.3 Å². The van der Waals surface area contributed by atoms with Crippen LogP contribution < -0.4 is 0 Å². The zero-order valence-corrected chi connectivity index (χ0v) is 8.93. The number of benzene rings is 1. The number of carbonyl (C=O) groups is 1. The molecule has 2 fully saturated rings. The van der Waals surface area contributed by atoms with Crippen LogP contribution in [-0.4, -0.2) is 23.6 Å². The molecule has 2 aliphatic heterocycles. The molecular formula is C13H13NO2. The molecule has 0 aromatic heterocycles. The van der Waals surface area contributed by atoms with Gasteiger partial charge in [-0.15, -0.1) is 0 Å². The maximum absolute atomic E-state index is 11.5. The Kier molecular flexibility index (Phi) is 2.17. The normalized spacial score (nSPS) is 26.0. The molecule has 16 heavy (non-hydrogen) atoms. The van der Waals surface area contributed by atoms with E-state index in [2.05, 4.69) is 6.08 Å². The van der Waals surface area contributed by atoms with E-state index < -0.39 is 0 Å². The summed E-state index contributed by atoms with van der Waals surface area (Å²) in [5.74, 6) is 0. The topological polar surface area (TPSA) is 29.5 Å². The third-order valence-corrected chi connectivity index (χ3v) is 3.14. The van der Waals surface area contributed by atoms with E-state index in [0.717, 1.165) is 24.1 Å². The SMILES string of the molecule is O=C1OC[C@H]2CC/C(=C/c3ccccc3)N12. The average Bonchev–Trinajstić information content (AvgIpc) is 2.86. The molecule has 3 heteroatoms. The molecule has 82 valence electrons. The van der Waals surface area contributed by atoms with Crippen LogP contribution in [0.2, 0.25) is 0 Å². The first-order chi connectivity index (χ1) is 7.84. The van der Waals surface area contributed by atoms with Crippen LogP contribution in [0.3, 0.4) is 0 Å². The molecule has 1 aromatic rings. The summed E-state index contributed by atoms with van der Waals surface area (Å²) in [5.41, 5.74) is 2.22. The Labute approximate surface area is 94.3 Å².